The molecule has 0 N–H and O–H groups in total. The van der Waals surface area contributed by atoms with Gasteiger partial charge in [-0.25, -0.2) is 17.6 Å². The molecule has 42 heavy (non-hydrogen) atoms. The lowest BCUT2D eigenvalue weighted by Gasteiger charge is -2.26. The Morgan fingerprint density at radius 2 is 0.905 bits per heavy atom. The molecule has 0 aliphatic carbocycles. The molecule has 4 rings (SSSR count). The third-order valence-electron chi connectivity index (χ3n) is 7.04. The van der Waals surface area contributed by atoms with Crippen LogP contribution in [0.1, 0.15) is 34.1 Å². The lowest BCUT2D eigenvalue weighted by molar-refractivity contribution is -0.122. The first-order valence-corrected chi connectivity index (χ1v) is 13.0. The molecule has 0 amide bonds. The number of rotatable bonds is 12. The molecule has 0 bridgehead atoms. The predicted octanol–water partition coefficient (Wildman–Crippen LogP) is 7.20. The highest BCUT2D eigenvalue weighted by Crippen LogP contribution is 2.41. The standard InChI is InChI=1S/C33H30F4O5/c1-39-25-5-7-31(41-3)27(17-25)29(13-19-9-21(34)15-22(35)10-19)33(38)30(14-20-11-23(36)16-24(37)12-20)28-18-26(40-2)6-8-32(28)42-4/h5-12,15-18,29-30H,13-14H2,1-4H3. The second-order valence-corrected chi connectivity index (χ2v) is 9.69. The lowest BCUT2D eigenvalue weighted by atomic mass is 9.77. The number of ether oxygens (including phenoxy) is 4. The average Bonchev–Trinajstić information content (AvgIpc) is 2.96. The van der Waals surface area contributed by atoms with E-state index in [0.717, 1.165) is 36.4 Å². The topological polar surface area (TPSA) is 54.0 Å². The minimum atomic E-state index is -1.03. The summed E-state index contributed by atoms with van der Waals surface area (Å²) >= 11 is 0. The van der Waals surface area contributed by atoms with Crippen LogP contribution in [-0.4, -0.2) is 34.2 Å². The Kier molecular flexibility index (Phi) is 9.72. The molecular weight excluding hydrogens is 552 g/mol. The van der Waals surface area contributed by atoms with Gasteiger partial charge in [0.05, 0.1) is 40.3 Å². The highest BCUT2D eigenvalue weighted by Gasteiger charge is 2.34. The highest BCUT2D eigenvalue weighted by molar-refractivity contribution is 5.93. The number of carbonyl (C=O) groups excluding carboxylic acids is 1. The van der Waals surface area contributed by atoms with E-state index in [2.05, 4.69) is 0 Å². The van der Waals surface area contributed by atoms with Crippen molar-refractivity contribution in [3.63, 3.8) is 0 Å². The number of hydrogen-bond acceptors (Lipinski definition) is 5. The molecule has 0 heterocycles. The molecular formula is C33H30F4O5. The largest absolute Gasteiger partial charge is 0.497 e. The summed E-state index contributed by atoms with van der Waals surface area (Å²) in [5.41, 5.74) is 1.26. The number of benzene rings is 4. The van der Waals surface area contributed by atoms with Gasteiger partial charge in [0.2, 0.25) is 0 Å². The summed E-state index contributed by atoms with van der Waals surface area (Å²) in [4.78, 5) is 14.8. The van der Waals surface area contributed by atoms with E-state index in [-0.39, 0.29) is 24.0 Å². The maximum atomic E-state index is 14.8. The summed E-state index contributed by atoms with van der Waals surface area (Å²) < 4.78 is 78.9. The van der Waals surface area contributed by atoms with Gasteiger partial charge in [-0.3, -0.25) is 4.79 Å². The normalized spacial score (nSPS) is 12.4. The molecule has 0 radical (unpaired) electrons. The van der Waals surface area contributed by atoms with Gasteiger partial charge in [-0.15, -0.1) is 0 Å². The van der Waals surface area contributed by atoms with Crippen molar-refractivity contribution < 1.29 is 41.3 Å². The maximum Gasteiger partial charge on any atom is 0.148 e. The van der Waals surface area contributed by atoms with Crippen LogP contribution in [-0.2, 0) is 17.6 Å². The number of halogens is 4. The highest BCUT2D eigenvalue weighted by atomic mass is 19.1. The zero-order valence-electron chi connectivity index (χ0n) is 23.6. The van der Waals surface area contributed by atoms with Gasteiger partial charge < -0.3 is 18.9 Å². The fourth-order valence-corrected chi connectivity index (χ4v) is 5.12. The maximum absolute atomic E-state index is 14.8. The Balaban J connectivity index is 1.94. The molecule has 0 saturated carbocycles. The van der Waals surface area contributed by atoms with Crippen LogP contribution in [0.3, 0.4) is 0 Å². The minimum absolute atomic E-state index is 0.114. The molecule has 2 unspecified atom stereocenters. The van der Waals surface area contributed by atoms with E-state index in [1.807, 2.05) is 0 Å². The van der Waals surface area contributed by atoms with E-state index in [1.54, 1.807) is 36.4 Å². The molecule has 0 aromatic heterocycles. The average molecular weight is 583 g/mol. The fourth-order valence-electron chi connectivity index (χ4n) is 5.12. The van der Waals surface area contributed by atoms with Crippen LogP contribution in [0.5, 0.6) is 23.0 Å². The van der Waals surface area contributed by atoms with Gasteiger partial charge in [0, 0.05) is 23.3 Å². The molecule has 0 spiro atoms. The van der Waals surface area contributed by atoms with Crippen LogP contribution in [0.25, 0.3) is 0 Å². The van der Waals surface area contributed by atoms with Crippen LogP contribution in [0.15, 0.2) is 72.8 Å². The number of Topliss-reactive ketones (excluding diaryl/α,β-unsaturated/α-hetero) is 1. The summed E-state index contributed by atoms with van der Waals surface area (Å²) in [7, 11) is 5.80. The van der Waals surface area contributed by atoms with E-state index >= 15 is 0 Å². The smallest absolute Gasteiger partial charge is 0.148 e. The molecule has 0 aliphatic heterocycles. The van der Waals surface area contributed by atoms with Crippen LogP contribution in [0.4, 0.5) is 17.6 Å². The van der Waals surface area contributed by atoms with Crippen molar-refractivity contribution >= 4 is 5.78 Å². The second kappa shape index (κ2) is 13.4. The van der Waals surface area contributed by atoms with Crippen molar-refractivity contribution in [3.8, 4) is 23.0 Å². The van der Waals surface area contributed by atoms with Gasteiger partial charge in [-0.1, -0.05) is 0 Å². The molecule has 0 saturated heterocycles. The van der Waals surface area contributed by atoms with Crippen LogP contribution in [0, 0.1) is 23.3 Å². The monoisotopic (exact) mass is 582 g/mol. The Hall–Kier alpha value is -4.53. The third-order valence-corrected chi connectivity index (χ3v) is 7.04. The molecule has 2 atom stereocenters. The van der Waals surface area contributed by atoms with E-state index in [4.69, 9.17) is 18.9 Å². The molecule has 0 aliphatic rings. The fraction of sp³-hybridized carbons (Fsp3) is 0.242. The molecule has 9 heteroatoms. The molecule has 4 aromatic carbocycles. The van der Waals surface area contributed by atoms with Crippen molar-refractivity contribution in [3.05, 3.63) is 118 Å². The zero-order valence-corrected chi connectivity index (χ0v) is 23.6. The summed E-state index contributed by atoms with van der Waals surface area (Å²) in [6.07, 6.45) is -0.228. The molecule has 4 aromatic rings. The Labute approximate surface area is 241 Å². The Morgan fingerprint density at radius 3 is 1.21 bits per heavy atom. The summed E-state index contributed by atoms with van der Waals surface area (Å²) in [6, 6.07) is 15.9. The Bertz CT molecular complexity index is 1420. The van der Waals surface area contributed by atoms with Crippen molar-refractivity contribution in [2.75, 3.05) is 28.4 Å². The van der Waals surface area contributed by atoms with Gasteiger partial charge in [0.25, 0.3) is 0 Å². The van der Waals surface area contributed by atoms with Crippen LogP contribution >= 0.6 is 0 Å². The van der Waals surface area contributed by atoms with E-state index in [0.29, 0.717) is 34.1 Å². The zero-order chi connectivity index (χ0) is 30.4. The number of carbonyl (C=O) groups is 1. The lowest BCUT2D eigenvalue weighted by Crippen LogP contribution is -2.25. The Morgan fingerprint density at radius 1 is 0.548 bits per heavy atom. The summed E-state index contributed by atoms with van der Waals surface area (Å²) in [6.45, 7) is 0. The first kappa shape index (κ1) is 30.4. The van der Waals surface area contributed by atoms with E-state index in [9.17, 15) is 22.4 Å². The van der Waals surface area contributed by atoms with Gasteiger partial charge >= 0.3 is 0 Å². The first-order valence-electron chi connectivity index (χ1n) is 13.0. The summed E-state index contributed by atoms with van der Waals surface area (Å²) in [5, 5.41) is 0. The van der Waals surface area contributed by atoms with Crippen LogP contribution in [0.2, 0.25) is 0 Å². The molecule has 220 valence electrons. The molecule has 5 nitrogen and oxygen atoms in total. The first-order chi connectivity index (χ1) is 20.1. The quantitative estimate of drug-likeness (QED) is 0.166. The summed E-state index contributed by atoms with van der Waals surface area (Å²) in [5.74, 6) is -4.12. The molecule has 0 fully saturated rings. The van der Waals surface area contributed by atoms with Gasteiger partial charge in [0.1, 0.15) is 52.1 Å². The van der Waals surface area contributed by atoms with Gasteiger partial charge in [-0.05, 0) is 84.6 Å². The van der Waals surface area contributed by atoms with E-state index < -0.39 is 40.9 Å². The third kappa shape index (κ3) is 7.02. The van der Waals surface area contributed by atoms with Crippen molar-refractivity contribution in [1.29, 1.82) is 0 Å². The SMILES string of the molecule is COc1ccc(OC)c(C(Cc2cc(F)cc(F)c2)C(=O)C(Cc2cc(F)cc(F)c2)c2cc(OC)ccc2OC)c1. The van der Waals surface area contributed by atoms with E-state index in [1.165, 1.54) is 28.4 Å². The van der Waals surface area contributed by atoms with Crippen molar-refractivity contribution in [2.45, 2.75) is 24.7 Å². The number of hydrogen-bond donors (Lipinski definition) is 0. The van der Waals surface area contributed by atoms with Crippen molar-refractivity contribution in [2.24, 2.45) is 0 Å². The van der Waals surface area contributed by atoms with Crippen LogP contribution < -0.4 is 18.9 Å². The number of ketones is 1. The number of methoxy groups -OCH3 is 4. The van der Waals surface area contributed by atoms with Gasteiger partial charge in [-0.2, -0.15) is 0 Å². The minimum Gasteiger partial charge on any atom is -0.497 e. The van der Waals surface area contributed by atoms with Gasteiger partial charge in [0.15, 0.2) is 0 Å². The predicted molar refractivity (Wildman–Crippen MR) is 150 cm³/mol. The van der Waals surface area contributed by atoms with Crippen molar-refractivity contribution in [1.82, 2.24) is 0 Å². The second-order valence-electron chi connectivity index (χ2n) is 9.69.